The molecule has 0 atom stereocenters. The third kappa shape index (κ3) is 3.98. The van der Waals surface area contributed by atoms with Crippen molar-refractivity contribution in [1.29, 1.82) is 0 Å². The van der Waals surface area contributed by atoms with Gasteiger partial charge in [-0.2, -0.15) is 0 Å². The van der Waals surface area contributed by atoms with Crippen molar-refractivity contribution >= 4 is 11.7 Å². The molecule has 0 radical (unpaired) electrons. The first-order chi connectivity index (χ1) is 8.97. The molecule has 0 saturated carbocycles. The number of hydrogen-bond donors (Lipinski definition) is 1. The number of carbonyl (C=O) groups excluding carboxylic acids is 1. The number of benzene rings is 1. The number of methoxy groups -OCH3 is 2. The van der Waals surface area contributed by atoms with Gasteiger partial charge in [-0.05, 0) is 12.1 Å². The summed E-state index contributed by atoms with van der Waals surface area (Å²) in [5.74, 6) is -0.130. The maximum Gasteiger partial charge on any atom is 0.332 e. The van der Waals surface area contributed by atoms with Crippen molar-refractivity contribution in [3.63, 3.8) is 0 Å². The van der Waals surface area contributed by atoms with Gasteiger partial charge in [0.1, 0.15) is 5.75 Å². The van der Waals surface area contributed by atoms with Crippen LogP contribution in [0.4, 0.5) is 5.69 Å². The van der Waals surface area contributed by atoms with Gasteiger partial charge in [-0.15, -0.1) is 0 Å². The molecule has 0 aromatic heterocycles. The Morgan fingerprint density at radius 3 is 2.68 bits per heavy atom. The van der Waals surface area contributed by atoms with E-state index < -0.39 is 10.9 Å². The van der Waals surface area contributed by atoms with Crippen LogP contribution in [-0.4, -0.2) is 25.1 Å². The Kier molecular flexibility index (Phi) is 4.87. The van der Waals surface area contributed by atoms with Crippen molar-refractivity contribution in [2.75, 3.05) is 14.2 Å². The first-order valence-corrected chi connectivity index (χ1v) is 5.33. The second-order valence-electron chi connectivity index (χ2n) is 3.67. The molecule has 1 aromatic carbocycles. The van der Waals surface area contributed by atoms with Crippen LogP contribution in [0.25, 0.3) is 0 Å². The quantitative estimate of drug-likeness (QED) is 0.371. The van der Waals surface area contributed by atoms with Crippen LogP contribution >= 0.6 is 0 Å². The highest BCUT2D eigenvalue weighted by molar-refractivity contribution is 5.82. The Balaban J connectivity index is 3.07. The lowest BCUT2D eigenvalue weighted by Gasteiger charge is -2.06. The van der Waals surface area contributed by atoms with E-state index >= 15 is 0 Å². The molecule has 0 heterocycles. The summed E-state index contributed by atoms with van der Waals surface area (Å²) in [4.78, 5) is 21.4. The number of nitrogens with zero attached hydrogens (tertiary/aromatic N) is 1. The fourth-order valence-corrected chi connectivity index (χ4v) is 1.49. The highest BCUT2D eigenvalue weighted by atomic mass is 16.6. The predicted molar refractivity (Wildman–Crippen MR) is 67.6 cm³/mol. The van der Waals surface area contributed by atoms with Crippen molar-refractivity contribution in [3.8, 4) is 5.75 Å². The maximum absolute atomic E-state index is 11.0. The summed E-state index contributed by atoms with van der Waals surface area (Å²) in [6.45, 7) is 0. The van der Waals surface area contributed by atoms with E-state index in [-0.39, 0.29) is 17.8 Å². The zero-order valence-electron chi connectivity index (χ0n) is 10.6. The molecule has 2 N–H and O–H groups in total. The summed E-state index contributed by atoms with van der Waals surface area (Å²) >= 11 is 0. The van der Waals surface area contributed by atoms with Crippen LogP contribution in [0, 0.1) is 10.1 Å². The summed E-state index contributed by atoms with van der Waals surface area (Å²) in [6.07, 6.45) is 1.14. The first-order valence-electron chi connectivity index (χ1n) is 5.33. The van der Waals surface area contributed by atoms with E-state index in [1.54, 1.807) is 0 Å². The Bertz CT molecular complexity index is 525. The zero-order valence-corrected chi connectivity index (χ0v) is 10.6. The molecule has 0 bridgehead atoms. The van der Waals surface area contributed by atoms with Gasteiger partial charge >= 0.3 is 5.97 Å². The van der Waals surface area contributed by atoms with Gasteiger partial charge in [0.25, 0.3) is 5.69 Å². The van der Waals surface area contributed by atoms with Crippen LogP contribution in [0.3, 0.4) is 0 Å². The lowest BCUT2D eigenvalue weighted by Crippen LogP contribution is -2.08. The first kappa shape index (κ1) is 14.5. The molecule has 102 valence electrons. The van der Waals surface area contributed by atoms with Crippen LogP contribution in [0.15, 0.2) is 30.0 Å². The highest BCUT2D eigenvalue weighted by Gasteiger charge is 2.15. The molecule has 1 rings (SSSR count). The second-order valence-corrected chi connectivity index (χ2v) is 3.67. The van der Waals surface area contributed by atoms with Crippen LogP contribution in [0.1, 0.15) is 5.56 Å². The van der Waals surface area contributed by atoms with Crippen molar-refractivity contribution in [2.24, 2.45) is 5.73 Å². The summed E-state index contributed by atoms with van der Waals surface area (Å²) in [6, 6.07) is 4.33. The van der Waals surface area contributed by atoms with Crippen LogP contribution in [-0.2, 0) is 16.0 Å². The molecule has 0 unspecified atom stereocenters. The average molecular weight is 266 g/mol. The molecule has 7 heteroatoms. The fraction of sp³-hybridized carbons (Fsp3) is 0.250. The van der Waals surface area contributed by atoms with Crippen LogP contribution < -0.4 is 10.5 Å². The number of nitro groups is 1. The summed E-state index contributed by atoms with van der Waals surface area (Å²) in [5, 5.41) is 10.9. The minimum Gasteiger partial charge on any atom is -0.497 e. The molecule has 0 amide bonds. The van der Waals surface area contributed by atoms with Crippen LogP contribution in [0.5, 0.6) is 5.75 Å². The summed E-state index contributed by atoms with van der Waals surface area (Å²) < 4.78 is 9.43. The van der Waals surface area contributed by atoms with Gasteiger partial charge in [0.2, 0.25) is 0 Å². The molecule has 1 aromatic rings. The smallest absolute Gasteiger partial charge is 0.332 e. The predicted octanol–water partition coefficient (Wildman–Crippen LogP) is 1.16. The monoisotopic (exact) mass is 266 g/mol. The molecular weight excluding hydrogens is 252 g/mol. The second kappa shape index (κ2) is 6.39. The number of nitro benzene ring substituents is 1. The number of ether oxygens (including phenoxy) is 2. The average Bonchev–Trinajstić information content (AvgIpc) is 2.37. The minimum absolute atomic E-state index is 0.0581. The van der Waals surface area contributed by atoms with E-state index in [1.807, 2.05) is 0 Å². The largest absolute Gasteiger partial charge is 0.497 e. The minimum atomic E-state index is -0.608. The third-order valence-electron chi connectivity index (χ3n) is 2.38. The molecule has 0 fully saturated rings. The Morgan fingerprint density at radius 1 is 1.47 bits per heavy atom. The van der Waals surface area contributed by atoms with Gasteiger partial charge in [-0.3, -0.25) is 10.1 Å². The molecular formula is C12H14N2O5. The van der Waals surface area contributed by atoms with E-state index in [0.717, 1.165) is 6.08 Å². The molecule has 0 saturated heterocycles. The number of rotatable bonds is 5. The number of esters is 1. The van der Waals surface area contributed by atoms with Gasteiger partial charge in [0.15, 0.2) is 0 Å². The summed E-state index contributed by atoms with van der Waals surface area (Å²) in [5.41, 5.74) is 6.09. The SMILES string of the molecule is COC(=O)/C=C(\N)Cc1cc(OC)ccc1[N+](=O)[O-]. The number of carbonyl (C=O) groups is 1. The maximum atomic E-state index is 11.0. The Hall–Kier alpha value is -2.57. The lowest BCUT2D eigenvalue weighted by atomic mass is 10.1. The van der Waals surface area contributed by atoms with Crippen molar-refractivity contribution < 1.29 is 19.2 Å². The molecule has 0 spiro atoms. The lowest BCUT2D eigenvalue weighted by molar-refractivity contribution is -0.385. The van der Waals surface area contributed by atoms with E-state index in [4.69, 9.17) is 10.5 Å². The van der Waals surface area contributed by atoms with Crippen molar-refractivity contribution in [1.82, 2.24) is 0 Å². The van der Waals surface area contributed by atoms with Gasteiger partial charge in [-0.1, -0.05) is 0 Å². The molecule has 0 aliphatic carbocycles. The Labute approximate surface area is 109 Å². The number of hydrogen-bond acceptors (Lipinski definition) is 6. The Morgan fingerprint density at radius 2 is 2.16 bits per heavy atom. The van der Waals surface area contributed by atoms with Gasteiger partial charge in [0.05, 0.1) is 19.1 Å². The number of nitrogens with two attached hydrogens (primary N) is 1. The van der Waals surface area contributed by atoms with Gasteiger partial charge in [-0.25, -0.2) is 4.79 Å². The topological polar surface area (TPSA) is 105 Å². The highest BCUT2D eigenvalue weighted by Crippen LogP contribution is 2.25. The normalized spacial score (nSPS) is 10.9. The van der Waals surface area contributed by atoms with Crippen molar-refractivity contribution in [3.05, 3.63) is 45.6 Å². The molecule has 0 aliphatic rings. The standard InChI is InChI=1S/C12H14N2O5/c1-18-10-3-4-11(14(16)17)8(6-10)5-9(13)7-12(15)19-2/h3-4,6-7H,5,13H2,1-2H3/b9-7-. The van der Waals surface area contributed by atoms with Gasteiger partial charge < -0.3 is 15.2 Å². The molecule has 7 nitrogen and oxygen atoms in total. The molecule has 19 heavy (non-hydrogen) atoms. The third-order valence-corrected chi connectivity index (χ3v) is 2.38. The van der Waals surface area contributed by atoms with E-state index in [1.165, 1.54) is 32.4 Å². The van der Waals surface area contributed by atoms with Crippen molar-refractivity contribution in [2.45, 2.75) is 6.42 Å². The fourth-order valence-electron chi connectivity index (χ4n) is 1.49. The van der Waals surface area contributed by atoms with E-state index in [9.17, 15) is 14.9 Å². The van der Waals surface area contributed by atoms with E-state index in [2.05, 4.69) is 4.74 Å². The summed E-state index contributed by atoms with van der Waals surface area (Å²) in [7, 11) is 2.68. The zero-order chi connectivity index (χ0) is 14.4. The van der Waals surface area contributed by atoms with Gasteiger partial charge in [0, 0.05) is 29.8 Å². The van der Waals surface area contributed by atoms with Crippen LogP contribution in [0.2, 0.25) is 0 Å². The number of allylic oxidation sites excluding steroid dienone is 1. The molecule has 0 aliphatic heterocycles. The van der Waals surface area contributed by atoms with E-state index in [0.29, 0.717) is 11.3 Å².